The minimum Gasteiger partial charge on any atom is -0.386 e. The molecule has 1 aromatic carbocycles. The second-order valence-electron chi connectivity index (χ2n) is 5.32. The van der Waals surface area contributed by atoms with E-state index < -0.39 is 34.6 Å². The average Bonchev–Trinajstić information content (AvgIpc) is 3.26. The smallest absolute Gasteiger partial charge is 0.321 e. The van der Waals surface area contributed by atoms with Gasteiger partial charge in [-0.2, -0.15) is 4.98 Å². The van der Waals surface area contributed by atoms with Crippen LogP contribution in [0.4, 0.5) is 30.2 Å². The molecular formula is C14H13F2N7O4S2. The lowest BCUT2D eigenvalue weighted by atomic mass is 10.1. The molecule has 11 nitrogen and oxygen atoms in total. The largest absolute Gasteiger partial charge is 0.386 e. The fraction of sp³-hybridized carbons (Fsp3) is 0.143. The van der Waals surface area contributed by atoms with Crippen LogP contribution in [0.15, 0.2) is 16.7 Å². The first-order chi connectivity index (χ1) is 13.8. The third-order valence-corrected chi connectivity index (χ3v) is 4.78. The average molecular weight is 445 g/mol. The van der Waals surface area contributed by atoms with E-state index in [0.29, 0.717) is 6.07 Å². The van der Waals surface area contributed by atoms with Crippen LogP contribution in [0.25, 0.3) is 22.2 Å². The minimum absolute atomic E-state index is 0.0401. The molecule has 2 amide bonds. The summed E-state index contributed by atoms with van der Waals surface area (Å²) in [5.74, 6) is -2.39. The molecule has 0 saturated carbocycles. The summed E-state index contributed by atoms with van der Waals surface area (Å²) in [4.78, 5) is 19.8. The van der Waals surface area contributed by atoms with Crippen LogP contribution in [-0.4, -0.2) is 42.8 Å². The van der Waals surface area contributed by atoms with E-state index in [0.717, 1.165) is 11.3 Å². The summed E-state index contributed by atoms with van der Waals surface area (Å²) >= 11 is -1.31. The summed E-state index contributed by atoms with van der Waals surface area (Å²) in [5.41, 5.74) is 5.75. The molecule has 2 aromatic heterocycles. The van der Waals surface area contributed by atoms with Crippen molar-refractivity contribution in [3.05, 3.63) is 23.8 Å². The molecule has 0 saturated heterocycles. The Hall–Kier alpha value is -3.17. The number of rotatable bonds is 6. The third-order valence-electron chi connectivity index (χ3n) is 3.42. The van der Waals surface area contributed by atoms with Gasteiger partial charge in [0, 0.05) is 13.1 Å². The second kappa shape index (κ2) is 8.46. The number of amides is 2. The van der Waals surface area contributed by atoms with Gasteiger partial charge in [-0.05, 0) is 6.07 Å². The fourth-order valence-electron chi connectivity index (χ4n) is 2.14. The highest BCUT2D eigenvalue weighted by Gasteiger charge is 2.21. The quantitative estimate of drug-likeness (QED) is 0.357. The molecule has 154 valence electrons. The van der Waals surface area contributed by atoms with Crippen molar-refractivity contribution in [1.29, 1.82) is 0 Å². The Bertz CT molecular complexity index is 1090. The molecule has 0 aliphatic heterocycles. The van der Waals surface area contributed by atoms with Crippen LogP contribution in [0.2, 0.25) is 0 Å². The summed E-state index contributed by atoms with van der Waals surface area (Å²) in [6.07, 6.45) is 0. The van der Waals surface area contributed by atoms with Crippen molar-refractivity contribution in [2.45, 2.75) is 0 Å². The van der Waals surface area contributed by atoms with Crippen LogP contribution in [0.3, 0.4) is 0 Å². The maximum absolute atomic E-state index is 14.1. The van der Waals surface area contributed by atoms with Crippen LogP contribution in [0, 0.1) is 11.6 Å². The SMILES string of the molecule is CNc1cc(-c2noc(-c3sc(NC(=O)NCS(=O)O)nc3N)n2)c(F)cc1F. The molecule has 0 radical (unpaired) electrons. The van der Waals surface area contributed by atoms with Crippen LogP contribution in [0.1, 0.15) is 0 Å². The predicted molar refractivity (Wildman–Crippen MR) is 103 cm³/mol. The number of nitrogen functional groups attached to an aromatic ring is 1. The highest BCUT2D eigenvalue weighted by Crippen LogP contribution is 2.35. The Morgan fingerprint density at radius 1 is 1.34 bits per heavy atom. The van der Waals surface area contributed by atoms with Gasteiger partial charge in [-0.15, -0.1) is 0 Å². The summed E-state index contributed by atoms with van der Waals surface area (Å²) in [7, 11) is 1.47. The first-order valence-corrected chi connectivity index (χ1v) is 9.77. The molecule has 15 heteroatoms. The normalized spacial score (nSPS) is 11.9. The van der Waals surface area contributed by atoms with E-state index in [1.54, 1.807) is 0 Å². The van der Waals surface area contributed by atoms with Gasteiger partial charge in [-0.3, -0.25) is 5.32 Å². The van der Waals surface area contributed by atoms with E-state index in [1.807, 2.05) is 0 Å². The topological polar surface area (TPSA) is 168 Å². The van der Waals surface area contributed by atoms with Crippen molar-refractivity contribution in [2.75, 3.05) is 29.3 Å². The molecule has 2 heterocycles. The molecule has 0 aliphatic carbocycles. The number of halogens is 2. The summed E-state index contributed by atoms with van der Waals surface area (Å²) in [5, 5.41) is 10.8. The molecule has 0 aliphatic rings. The molecule has 1 atom stereocenters. The second-order valence-corrected chi connectivity index (χ2v) is 7.25. The van der Waals surface area contributed by atoms with E-state index in [9.17, 15) is 17.8 Å². The Morgan fingerprint density at radius 3 is 2.79 bits per heavy atom. The number of hydrogen-bond acceptors (Lipinski definition) is 9. The van der Waals surface area contributed by atoms with Gasteiger partial charge in [0.25, 0.3) is 5.89 Å². The third kappa shape index (κ3) is 4.64. The first kappa shape index (κ1) is 20.6. The zero-order valence-corrected chi connectivity index (χ0v) is 16.2. The monoisotopic (exact) mass is 445 g/mol. The number of carbonyl (C=O) groups excluding carboxylic acids is 1. The molecule has 3 rings (SSSR count). The number of carbonyl (C=O) groups is 1. The van der Waals surface area contributed by atoms with Crippen LogP contribution in [0.5, 0.6) is 0 Å². The van der Waals surface area contributed by atoms with Crippen LogP contribution in [-0.2, 0) is 11.1 Å². The number of aromatic nitrogens is 3. The number of nitrogens with zero attached hydrogens (tertiary/aromatic N) is 3. The highest BCUT2D eigenvalue weighted by molar-refractivity contribution is 7.79. The molecule has 29 heavy (non-hydrogen) atoms. The van der Waals surface area contributed by atoms with Gasteiger partial charge in [-0.1, -0.05) is 16.5 Å². The Labute approximate surface area is 168 Å². The van der Waals surface area contributed by atoms with Gasteiger partial charge >= 0.3 is 6.03 Å². The van der Waals surface area contributed by atoms with Gasteiger partial charge in [0.1, 0.15) is 28.2 Å². The molecule has 3 aromatic rings. The maximum atomic E-state index is 14.1. The van der Waals surface area contributed by atoms with Crippen LogP contribution < -0.4 is 21.7 Å². The summed E-state index contributed by atoms with van der Waals surface area (Å²) < 4.78 is 52.0. The molecule has 0 fully saturated rings. The van der Waals surface area contributed by atoms with Gasteiger partial charge in [0.15, 0.2) is 16.2 Å². The molecule has 1 unspecified atom stereocenters. The Balaban J connectivity index is 1.83. The lowest BCUT2D eigenvalue weighted by Gasteiger charge is -2.04. The number of thiazole rings is 1. The van der Waals surface area contributed by atoms with E-state index >= 15 is 0 Å². The van der Waals surface area contributed by atoms with Gasteiger partial charge in [0.2, 0.25) is 5.82 Å². The number of nitrogens with two attached hydrogens (primary N) is 1. The molecule has 0 spiro atoms. The number of hydrogen-bond donors (Lipinski definition) is 5. The van der Waals surface area contributed by atoms with Crippen LogP contribution >= 0.6 is 11.3 Å². The lowest BCUT2D eigenvalue weighted by molar-refractivity contribution is 0.253. The molecular weight excluding hydrogens is 432 g/mol. The van der Waals surface area contributed by atoms with E-state index in [1.165, 1.54) is 13.1 Å². The molecule has 0 bridgehead atoms. The van der Waals surface area contributed by atoms with Crippen molar-refractivity contribution in [1.82, 2.24) is 20.4 Å². The number of anilines is 3. The predicted octanol–water partition coefficient (Wildman–Crippen LogP) is 2.06. The number of urea groups is 1. The summed E-state index contributed by atoms with van der Waals surface area (Å²) in [6, 6.07) is 1.11. The zero-order chi connectivity index (χ0) is 21.1. The minimum atomic E-state index is -2.20. The first-order valence-electron chi connectivity index (χ1n) is 7.68. The van der Waals surface area contributed by atoms with E-state index in [2.05, 4.69) is 31.1 Å². The zero-order valence-electron chi connectivity index (χ0n) is 14.5. The Kier molecular flexibility index (Phi) is 6.00. The summed E-state index contributed by atoms with van der Waals surface area (Å²) in [6.45, 7) is 0. The van der Waals surface area contributed by atoms with Crippen molar-refractivity contribution >= 4 is 45.1 Å². The van der Waals surface area contributed by atoms with Gasteiger partial charge in [-0.25, -0.2) is 22.8 Å². The van der Waals surface area contributed by atoms with Crippen molar-refractivity contribution < 1.29 is 26.9 Å². The van der Waals surface area contributed by atoms with Crippen molar-refractivity contribution in [3.63, 3.8) is 0 Å². The van der Waals surface area contributed by atoms with Crippen molar-refractivity contribution in [3.8, 4) is 22.2 Å². The van der Waals surface area contributed by atoms with E-state index in [-0.39, 0.29) is 38.8 Å². The molecule has 6 N–H and O–H groups in total. The number of benzene rings is 1. The highest BCUT2D eigenvalue weighted by atomic mass is 32.2. The van der Waals surface area contributed by atoms with Gasteiger partial charge in [0.05, 0.1) is 11.3 Å². The fourth-order valence-corrected chi connectivity index (χ4v) is 3.20. The van der Waals surface area contributed by atoms with Gasteiger partial charge < -0.3 is 25.4 Å². The maximum Gasteiger partial charge on any atom is 0.321 e. The lowest BCUT2D eigenvalue weighted by Crippen LogP contribution is -2.31. The van der Waals surface area contributed by atoms with Crippen molar-refractivity contribution in [2.24, 2.45) is 0 Å². The Morgan fingerprint density at radius 2 is 2.10 bits per heavy atom. The van der Waals surface area contributed by atoms with E-state index in [4.69, 9.17) is 14.8 Å². The number of nitrogens with one attached hydrogen (secondary N) is 3. The standard InChI is InChI=1S/C14H13F2N7O4S2/c1-18-8-2-5(6(15)3-7(8)16)11-21-12(27-23-11)9-10(17)20-14(28-9)22-13(24)19-4-29(25)26/h2-3,18H,4,17H2,1H3,(H,25,26)(H2,19,20,22,24).